The van der Waals surface area contributed by atoms with Crippen molar-refractivity contribution in [3.8, 4) is 11.4 Å². The van der Waals surface area contributed by atoms with Crippen molar-refractivity contribution in [3.63, 3.8) is 0 Å². The fraction of sp³-hybridized carbons (Fsp3) is 0.561. The zero-order valence-corrected chi connectivity index (χ0v) is 28.8. The van der Waals surface area contributed by atoms with Crippen molar-refractivity contribution in [2.45, 2.75) is 136 Å². The van der Waals surface area contributed by atoms with Crippen LogP contribution in [0.25, 0.3) is 23.0 Å². The molecule has 0 aliphatic heterocycles. The van der Waals surface area contributed by atoms with Crippen LogP contribution in [0.15, 0.2) is 30.3 Å². The van der Waals surface area contributed by atoms with Crippen molar-refractivity contribution in [2.24, 2.45) is 0 Å². The highest BCUT2D eigenvalue weighted by Crippen LogP contribution is 2.43. The third-order valence-corrected chi connectivity index (χ3v) is 9.60. The lowest BCUT2D eigenvalue weighted by molar-refractivity contribution is -0.00424. The number of hydrogen-bond donors (Lipinski definition) is 0. The van der Waals surface area contributed by atoms with Crippen LogP contribution in [0.2, 0.25) is 0 Å². The smallest absolute Gasteiger partial charge is 0.0931 e. The minimum atomic E-state index is -0.112. The summed E-state index contributed by atoms with van der Waals surface area (Å²) in [6, 6.07) is 10.8. The summed E-state index contributed by atoms with van der Waals surface area (Å²) in [4.78, 5) is 11.1. The molecule has 0 saturated heterocycles. The minimum Gasteiger partial charge on any atom is -0.376 e. The molecule has 0 amide bonds. The van der Waals surface area contributed by atoms with Crippen LogP contribution in [-0.4, -0.2) is 34.4 Å². The first-order valence-electron chi connectivity index (χ1n) is 17.7. The van der Waals surface area contributed by atoms with Crippen molar-refractivity contribution < 1.29 is 9.47 Å². The van der Waals surface area contributed by atoms with Gasteiger partial charge >= 0.3 is 0 Å². The van der Waals surface area contributed by atoms with E-state index in [9.17, 15) is 0 Å². The lowest BCUT2D eigenvalue weighted by Gasteiger charge is -2.31. The molecule has 1 aromatic carbocycles. The van der Waals surface area contributed by atoms with E-state index >= 15 is 0 Å². The zero-order valence-electron chi connectivity index (χ0n) is 28.8. The first kappa shape index (κ1) is 32.1. The van der Waals surface area contributed by atoms with Crippen LogP contribution in [0.1, 0.15) is 130 Å². The average Bonchev–Trinajstić information content (AvgIpc) is 3.00. The third-order valence-electron chi connectivity index (χ3n) is 9.60. The summed E-state index contributed by atoms with van der Waals surface area (Å²) in [5.74, 6) is 0. The third kappa shape index (κ3) is 7.60. The van der Waals surface area contributed by atoms with Gasteiger partial charge in [-0.05, 0) is 176 Å². The van der Waals surface area contributed by atoms with Crippen molar-refractivity contribution in [1.82, 2.24) is 9.97 Å². The molecule has 3 aromatic rings. The number of pyridine rings is 2. The molecule has 4 heteroatoms. The molecule has 6 rings (SSSR count). The Kier molecular flexibility index (Phi) is 9.64. The summed E-state index contributed by atoms with van der Waals surface area (Å²) < 4.78 is 12.3. The SMILES string of the molecule is CC(C)(C)OCCCc1c2c(nc3c1CCc1c-3nc3c(c1CCCOC(C)(C)C)CCC/C3=C\c1ccccc1)CCCC2. The van der Waals surface area contributed by atoms with E-state index in [-0.39, 0.29) is 11.2 Å². The van der Waals surface area contributed by atoms with Gasteiger partial charge in [0, 0.05) is 18.9 Å². The van der Waals surface area contributed by atoms with Gasteiger partial charge in [-0.15, -0.1) is 0 Å². The Morgan fingerprint density at radius 3 is 1.80 bits per heavy atom. The van der Waals surface area contributed by atoms with Crippen molar-refractivity contribution in [1.29, 1.82) is 0 Å². The molecular weight excluding hydrogens is 552 g/mol. The van der Waals surface area contributed by atoms with Crippen LogP contribution < -0.4 is 0 Å². The van der Waals surface area contributed by atoms with E-state index in [2.05, 4.69) is 78.0 Å². The standard InChI is InChI=1S/C41H54N2O2/c1-40(2,3)44-25-13-20-30-32-18-10-11-22-36(32)42-38-34(30)23-24-35-31(21-14-26-45-41(4,5)6)33-19-12-17-29(37(33)43-39(35)38)27-28-15-8-7-9-16-28/h7-9,15-16,27H,10-14,17-26H2,1-6H3/b29-27+. The summed E-state index contributed by atoms with van der Waals surface area (Å²) in [5.41, 5.74) is 16.4. The number of aryl methyl sites for hydroxylation is 1. The Hall–Kier alpha value is -2.82. The number of fused-ring (bicyclic) bond motifs is 5. The predicted molar refractivity (Wildman–Crippen MR) is 187 cm³/mol. The molecule has 0 radical (unpaired) electrons. The molecule has 3 aliphatic carbocycles. The lowest BCUT2D eigenvalue weighted by Crippen LogP contribution is -2.23. The number of rotatable bonds is 9. The van der Waals surface area contributed by atoms with Gasteiger partial charge < -0.3 is 9.47 Å². The molecular formula is C41H54N2O2. The number of nitrogens with zero attached hydrogens (tertiary/aromatic N) is 2. The summed E-state index contributed by atoms with van der Waals surface area (Å²) in [7, 11) is 0. The first-order chi connectivity index (χ1) is 21.6. The average molecular weight is 607 g/mol. The molecule has 0 fully saturated rings. The number of ether oxygens (including phenoxy) is 2. The Morgan fingerprint density at radius 2 is 1.16 bits per heavy atom. The molecule has 45 heavy (non-hydrogen) atoms. The van der Waals surface area contributed by atoms with Crippen molar-refractivity contribution in [3.05, 3.63) is 80.7 Å². The molecule has 0 atom stereocenters. The summed E-state index contributed by atoms with van der Waals surface area (Å²) in [6.07, 6.45) is 16.8. The highest BCUT2D eigenvalue weighted by atomic mass is 16.5. The van der Waals surface area contributed by atoms with Gasteiger partial charge in [-0.3, -0.25) is 4.98 Å². The fourth-order valence-corrected chi connectivity index (χ4v) is 7.62. The van der Waals surface area contributed by atoms with Gasteiger partial charge in [-0.1, -0.05) is 30.3 Å². The molecule has 2 aromatic heterocycles. The summed E-state index contributed by atoms with van der Waals surface area (Å²) in [5, 5.41) is 0. The topological polar surface area (TPSA) is 44.2 Å². The van der Waals surface area contributed by atoms with Gasteiger partial charge in [0.2, 0.25) is 0 Å². The normalized spacial score (nSPS) is 17.1. The van der Waals surface area contributed by atoms with Gasteiger partial charge in [0.15, 0.2) is 0 Å². The van der Waals surface area contributed by atoms with Crippen molar-refractivity contribution >= 4 is 11.6 Å². The zero-order chi connectivity index (χ0) is 31.6. The summed E-state index contributed by atoms with van der Waals surface area (Å²) >= 11 is 0. The molecule has 240 valence electrons. The van der Waals surface area contributed by atoms with Gasteiger partial charge in [0.25, 0.3) is 0 Å². The van der Waals surface area contributed by atoms with Crippen LogP contribution in [0.4, 0.5) is 0 Å². The number of allylic oxidation sites excluding steroid dienone is 1. The van der Waals surface area contributed by atoms with E-state index in [1.54, 1.807) is 11.1 Å². The Morgan fingerprint density at radius 1 is 0.600 bits per heavy atom. The van der Waals surface area contributed by atoms with Gasteiger partial charge in [0.1, 0.15) is 0 Å². The monoisotopic (exact) mass is 606 g/mol. The minimum absolute atomic E-state index is 0.0989. The number of benzene rings is 1. The van der Waals surface area contributed by atoms with Crippen LogP contribution in [0.3, 0.4) is 0 Å². The van der Waals surface area contributed by atoms with Gasteiger partial charge in [0.05, 0.1) is 28.3 Å². The highest BCUT2D eigenvalue weighted by Gasteiger charge is 2.32. The van der Waals surface area contributed by atoms with Crippen LogP contribution in [-0.2, 0) is 54.4 Å². The van der Waals surface area contributed by atoms with Crippen LogP contribution >= 0.6 is 0 Å². The second-order valence-corrected chi connectivity index (χ2v) is 15.4. The van der Waals surface area contributed by atoms with E-state index in [4.69, 9.17) is 19.4 Å². The van der Waals surface area contributed by atoms with E-state index in [1.807, 2.05) is 0 Å². The fourth-order valence-electron chi connectivity index (χ4n) is 7.62. The number of hydrogen-bond acceptors (Lipinski definition) is 4. The predicted octanol–water partition coefficient (Wildman–Crippen LogP) is 9.49. The van der Waals surface area contributed by atoms with E-state index in [0.717, 1.165) is 71.0 Å². The molecule has 0 spiro atoms. The van der Waals surface area contributed by atoms with E-state index in [1.165, 1.54) is 81.8 Å². The molecule has 4 nitrogen and oxygen atoms in total. The highest BCUT2D eigenvalue weighted by molar-refractivity contribution is 5.84. The molecule has 2 heterocycles. The molecule has 0 saturated carbocycles. The first-order valence-corrected chi connectivity index (χ1v) is 17.7. The summed E-state index contributed by atoms with van der Waals surface area (Å²) in [6.45, 7) is 14.5. The second kappa shape index (κ2) is 13.5. The van der Waals surface area contributed by atoms with Crippen LogP contribution in [0.5, 0.6) is 0 Å². The van der Waals surface area contributed by atoms with E-state index < -0.39 is 0 Å². The van der Waals surface area contributed by atoms with Gasteiger partial charge in [-0.2, -0.15) is 0 Å². The van der Waals surface area contributed by atoms with Gasteiger partial charge in [-0.25, -0.2) is 4.98 Å². The Labute approximate surface area is 272 Å². The molecule has 0 bridgehead atoms. The van der Waals surface area contributed by atoms with Crippen molar-refractivity contribution in [2.75, 3.05) is 13.2 Å². The molecule has 0 N–H and O–H groups in total. The Bertz CT molecular complexity index is 1540. The lowest BCUT2D eigenvalue weighted by atomic mass is 9.77. The largest absolute Gasteiger partial charge is 0.376 e. The molecule has 3 aliphatic rings. The quantitative estimate of drug-likeness (QED) is 0.228. The second-order valence-electron chi connectivity index (χ2n) is 15.4. The number of aromatic nitrogens is 2. The Balaban J connectivity index is 1.45. The van der Waals surface area contributed by atoms with Crippen LogP contribution in [0, 0.1) is 0 Å². The van der Waals surface area contributed by atoms with E-state index in [0.29, 0.717) is 0 Å². The maximum absolute atomic E-state index is 6.19. The maximum Gasteiger partial charge on any atom is 0.0931 e. The maximum atomic E-state index is 6.19. The molecule has 0 unspecified atom stereocenters.